The van der Waals surface area contributed by atoms with Gasteiger partial charge in [0.05, 0.1) is 17.8 Å². The van der Waals surface area contributed by atoms with Gasteiger partial charge in [-0.05, 0) is 36.8 Å². The number of aryl methyl sites for hydroxylation is 1. The van der Waals surface area contributed by atoms with Gasteiger partial charge in [0.25, 0.3) is 0 Å². The highest BCUT2D eigenvalue weighted by atomic mass is 16.5. The van der Waals surface area contributed by atoms with Gasteiger partial charge in [0.15, 0.2) is 11.6 Å². The molecule has 0 radical (unpaired) electrons. The van der Waals surface area contributed by atoms with E-state index >= 15 is 0 Å². The average Bonchev–Trinajstić information content (AvgIpc) is 2.60. The van der Waals surface area contributed by atoms with E-state index in [9.17, 15) is 0 Å². The fourth-order valence-electron chi connectivity index (χ4n) is 2.73. The SMILES string of the molecule is Cc1cnc2c(c1)OCCN2c1ccc2cnc(CN)cc2n1. The molecule has 0 bridgehead atoms. The molecule has 0 fully saturated rings. The molecule has 0 amide bonds. The van der Waals surface area contributed by atoms with Crippen LogP contribution >= 0.6 is 0 Å². The van der Waals surface area contributed by atoms with Crippen LogP contribution in [0.2, 0.25) is 0 Å². The van der Waals surface area contributed by atoms with Crippen LogP contribution in [0.4, 0.5) is 11.6 Å². The largest absolute Gasteiger partial charge is 0.488 e. The number of aromatic nitrogens is 3. The Morgan fingerprint density at radius 2 is 2.13 bits per heavy atom. The fraction of sp³-hybridized carbons (Fsp3) is 0.235. The van der Waals surface area contributed by atoms with E-state index in [0.29, 0.717) is 13.2 Å². The molecule has 0 saturated heterocycles. The molecular formula is C17H17N5O. The lowest BCUT2D eigenvalue weighted by Crippen LogP contribution is -2.30. The number of hydrogen-bond acceptors (Lipinski definition) is 6. The molecule has 0 aliphatic carbocycles. The van der Waals surface area contributed by atoms with Crippen molar-refractivity contribution in [2.45, 2.75) is 13.5 Å². The van der Waals surface area contributed by atoms with Crippen LogP contribution in [-0.2, 0) is 6.54 Å². The van der Waals surface area contributed by atoms with E-state index in [1.807, 2.05) is 43.6 Å². The Balaban J connectivity index is 1.80. The summed E-state index contributed by atoms with van der Waals surface area (Å²) in [6.45, 7) is 3.74. The monoisotopic (exact) mass is 307 g/mol. The molecule has 1 aliphatic heterocycles. The number of anilines is 2. The molecule has 0 spiro atoms. The Morgan fingerprint density at radius 1 is 1.22 bits per heavy atom. The zero-order valence-electron chi connectivity index (χ0n) is 12.9. The molecule has 0 aromatic carbocycles. The number of nitrogens with zero attached hydrogens (tertiary/aromatic N) is 4. The summed E-state index contributed by atoms with van der Waals surface area (Å²) in [4.78, 5) is 15.7. The normalized spacial score (nSPS) is 13.7. The minimum atomic E-state index is 0.406. The van der Waals surface area contributed by atoms with Gasteiger partial charge < -0.3 is 15.4 Å². The number of ether oxygens (including phenoxy) is 1. The predicted molar refractivity (Wildman–Crippen MR) is 88.9 cm³/mol. The molecule has 0 unspecified atom stereocenters. The summed E-state index contributed by atoms with van der Waals surface area (Å²) in [5, 5.41) is 0.997. The van der Waals surface area contributed by atoms with Crippen molar-refractivity contribution in [3.8, 4) is 5.75 Å². The van der Waals surface area contributed by atoms with Gasteiger partial charge in [-0.25, -0.2) is 9.97 Å². The van der Waals surface area contributed by atoms with E-state index in [0.717, 1.165) is 46.1 Å². The lowest BCUT2D eigenvalue weighted by atomic mass is 10.2. The van der Waals surface area contributed by atoms with Gasteiger partial charge in [0, 0.05) is 24.3 Å². The van der Waals surface area contributed by atoms with Crippen LogP contribution in [0.15, 0.2) is 36.7 Å². The maximum absolute atomic E-state index is 5.72. The molecule has 6 heteroatoms. The minimum absolute atomic E-state index is 0.406. The Labute approximate surface area is 133 Å². The Bertz CT molecular complexity index is 880. The highest BCUT2D eigenvalue weighted by Gasteiger charge is 2.22. The molecule has 3 aromatic heterocycles. The topological polar surface area (TPSA) is 77.2 Å². The number of hydrogen-bond donors (Lipinski definition) is 1. The second-order valence-corrected chi connectivity index (χ2v) is 5.58. The summed E-state index contributed by atoms with van der Waals surface area (Å²) < 4.78 is 5.72. The second kappa shape index (κ2) is 5.48. The number of fused-ring (bicyclic) bond motifs is 2. The van der Waals surface area contributed by atoms with Crippen LogP contribution < -0.4 is 15.4 Å². The van der Waals surface area contributed by atoms with Gasteiger partial charge in [0.1, 0.15) is 12.4 Å². The van der Waals surface area contributed by atoms with Crippen LogP contribution in [0.5, 0.6) is 5.75 Å². The Morgan fingerprint density at radius 3 is 3.00 bits per heavy atom. The Hall–Kier alpha value is -2.73. The molecule has 3 aromatic rings. The molecule has 116 valence electrons. The van der Waals surface area contributed by atoms with E-state index in [-0.39, 0.29) is 0 Å². The molecule has 1 aliphatic rings. The van der Waals surface area contributed by atoms with Gasteiger partial charge >= 0.3 is 0 Å². The van der Waals surface area contributed by atoms with Crippen molar-refractivity contribution in [2.75, 3.05) is 18.1 Å². The van der Waals surface area contributed by atoms with Gasteiger partial charge in [0.2, 0.25) is 0 Å². The summed E-state index contributed by atoms with van der Waals surface area (Å²) in [7, 11) is 0. The number of rotatable bonds is 2. The van der Waals surface area contributed by atoms with Crippen LogP contribution in [0.3, 0.4) is 0 Å². The molecule has 4 rings (SSSR count). The van der Waals surface area contributed by atoms with Crippen molar-refractivity contribution in [1.82, 2.24) is 15.0 Å². The van der Waals surface area contributed by atoms with Crippen molar-refractivity contribution in [3.05, 3.63) is 47.9 Å². The molecule has 4 heterocycles. The zero-order valence-corrected chi connectivity index (χ0v) is 12.9. The van der Waals surface area contributed by atoms with E-state index in [1.165, 1.54) is 0 Å². The van der Waals surface area contributed by atoms with Crippen LogP contribution in [-0.4, -0.2) is 28.1 Å². The molecule has 23 heavy (non-hydrogen) atoms. The quantitative estimate of drug-likeness (QED) is 0.783. The van der Waals surface area contributed by atoms with E-state index in [2.05, 4.69) is 14.9 Å². The van der Waals surface area contributed by atoms with E-state index in [1.54, 1.807) is 0 Å². The first-order chi connectivity index (χ1) is 11.2. The third-order valence-corrected chi connectivity index (χ3v) is 3.90. The van der Waals surface area contributed by atoms with Gasteiger partial charge in [-0.3, -0.25) is 4.98 Å². The zero-order chi connectivity index (χ0) is 15.8. The van der Waals surface area contributed by atoms with Crippen molar-refractivity contribution >= 4 is 22.5 Å². The molecule has 0 atom stereocenters. The molecule has 0 saturated carbocycles. The standard InChI is InChI=1S/C17H17N5O/c1-11-6-15-17(20-9-11)22(4-5-23-15)16-3-2-12-10-19-13(8-18)7-14(12)21-16/h2-3,6-7,9-10H,4-5,8,18H2,1H3. The Kier molecular flexibility index (Phi) is 3.31. The molecular weight excluding hydrogens is 290 g/mol. The summed E-state index contributed by atoms with van der Waals surface area (Å²) in [5.41, 5.74) is 8.47. The third kappa shape index (κ3) is 2.47. The van der Waals surface area contributed by atoms with Gasteiger partial charge in [-0.2, -0.15) is 0 Å². The van der Waals surface area contributed by atoms with Gasteiger partial charge in [-0.1, -0.05) is 0 Å². The van der Waals surface area contributed by atoms with Crippen molar-refractivity contribution in [3.63, 3.8) is 0 Å². The van der Waals surface area contributed by atoms with Crippen molar-refractivity contribution in [2.24, 2.45) is 5.73 Å². The predicted octanol–water partition coefficient (Wildman–Crippen LogP) is 2.32. The average molecular weight is 307 g/mol. The fourth-order valence-corrected chi connectivity index (χ4v) is 2.73. The van der Waals surface area contributed by atoms with Crippen LogP contribution in [0.1, 0.15) is 11.3 Å². The molecule has 6 nitrogen and oxygen atoms in total. The van der Waals surface area contributed by atoms with Crippen molar-refractivity contribution < 1.29 is 4.74 Å². The summed E-state index contributed by atoms with van der Waals surface area (Å²) in [5.74, 6) is 2.46. The van der Waals surface area contributed by atoms with Crippen molar-refractivity contribution in [1.29, 1.82) is 0 Å². The van der Waals surface area contributed by atoms with E-state index in [4.69, 9.17) is 15.5 Å². The first kappa shape index (κ1) is 13.9. The third-order valence-electron chi connectivity index (χ3n) is 3.90. The number of nitrogens with two attached hydrogens (primary N) is 1. The smallest absolute Gasteiger partial charge is 0.177 e. The second-order valence-electron chi connectivity index (χ2n) is 5.58. The maximum atomic E-state index is 5.72. The summed E-state index contributed by atoms with van der Waals surface area (Å²) in [6.07, 6.45) is 3.65. The highest BCUT2D eigenvalue weighted by Crippen LogP contribution is 2.34. The highest BCUT2D eigenvalue weighted by molar-refractivity contribution is 5.81. The lowest BCUT2D eigenvalue weighted by Gasteiger charge is -2.29. The van der Waals surface area contributed by atoms with Gasteiger partial charge in [-0.15, -0.1) is 0 Å². The molecule has 2 N–H and O–H groups in total. The van der Waals surface area contributed by atoms with Crippen LogP contribution in [0.25, 0.3) is 10.9 Å². The first-order valence-corrected chi connectivity index (χ1v) is 7.57. The minimum Gasteiger partial charge on any atom is -0.488 e. The summed E-state index contributed by atoms with van der Waals surface area (Å²) in [6, 6.07) is 7.95. The summed E-state index contributed by atoms with van der Waals surface area (Å²) >= 11 is 0. The lowest BCUT2D eigenvalue weighted by molar-refractivity contribution is 0.311. The maximum Gasteiger partial charge on any atom is 0.177 e. The van der Waals surface area contributed by atoms with Crippen LogP contribution in [0, 0.1) is 6.92 Å². The first-order valence-electron chi connectivity index (χ1n) is 7.57. The van der Waals surface area contributed by atoms with E-state index < -0.39 is 0 Å². The number of pyridine rings is 3.